The Kier molecular flexibility index (Phi) is 10.7. The topological polar surface area (TPSA) is 248 Å². The van der Waals surface area contributed by atoms with Crippen LogP contribution < -0.4 is 0 Å². The number of aliphatic hydroxyl groups excluding tert-OH is 9. The van der Waals surface area contributed by atoms with Crippen molar-refractivity contribution in [2.45, 2.75) is 197 Å². The Bertz CT molecular complexity index is 1490. The van der Waals surface area contributed by atoms with Gasteiger partial charge in [0.2, 0.25) is 0 Å². The molecule has 5 aliphatic carbocycles. The lowest BCUT2D eigenvalue weighted by Gasteiger charge is -2.64. The van der Waals surface area contributed by atoms with Crippen LogP contribution in [0.4, 0.5) is 0 Å². The second kappa shape index (κ2) is 14.2. The van der Waals surface area contributed by atoms with Gasteiger partial charge in [-0.2, -0.15) is 0 Å². The van der Waals surface area contributed by atoms with E-state index in [0.717, 1.165) is 44.9 Å². The first kappa shape index (κ1) is 43.1. The smallest absolute Gasteiger partial charge is 0.186 e. The number of hydrogen-bond donors (Lipinski definition) is 10. The molecule has 15 nitrogen and oxygen atoms in total. The molecular weight excluding hydrogens is 744 g/mol. The minimum atomic E-state index is -1.66. The first-order valence-corrected chi connectivity index (χ1v) is 21.5. The summed E-state index contributed by atoms with van der Waals surface area (Å²) in [6, 6.07) is 0. The Labute approximate surface area is 335 Å². The van der Waals surface area contributed by atoms with Crippen LogP contribution in [0.2, 0.25) is 0 Å². The molecule has 328 valence electrons. The van der Waals surface area contributed by atoms with Crippen molar-refractivity contribution in [1.82, 2.24) is 0 Å². The summed E-state index contributed by atoms with van der Waals surface area (Å²) in [5.74, 6) is 0.354. The second-order valence-electron chi connectivity index (χ2n) is 21.3. The van der Waals surface area contributed by atoms with Gasteiger partial charge < -0.3 is 74.7 Å². The summed E-state index contributed by atoms with van der Waals surface area (Å²) in [5, 5.41) is 107. The monoisotopic (exact) mass is 814 g/mol. The Morgan fingerprint density at radius 3 is 1.93 bits per heavy atom. The van der Waals surface area contributed by atoms with E-state index in [4.69, 9.17) is 23.7 Å². The van der Waals surface area contributed by atoms with Crippen molar-refractivity contribution in [2.24, 2.45) is 44.8 Å². The predicted molar refractivity (Wildman–Crippen MR) is 200 cm³/mol. The van der Waals surface area contributed by atoms with Crippen molar-refractivity contribution >= 4 is 0 Å². The minimum absolute atomic E-state index is 0.0133. The highest BCUT2D eigenvalue weighted by atomic mass is 16.7. The maximum Gasteiger partial charge on any atom is 0.186 e. The molecular formula is C42H70O15. The standard InChI is InChI=1S/C42H70O15/c1-36(2)23-7-8-24-38(5)15-20(45)33(39(6)11-9-26(57-39)37(3,4)52)42(38,19-44)14-13-41(24)18-40(23,41)12-10-25(36)56-35-32(51)30(49)28(47)22(55-35)17-53-34-31(50)29(48)27(46)21(16-43)54-34/h20-35,43-52H,7-19H2,1-6H3/t20-,21-,22-,23+,24-,25+,26-,27-,28-,29-,30-,31-,32-,33-,34+,35-,38-,39-,40+,41-,42-/m0/s1. The molecule has 0 aromatic heterocycles. The van der Waals surface area contributed by atoms with E-state index in [-0.39, 0.29) is 52.3 Å². The summed E-state index contributed by atoms with van der Waals surface area (Å²) in [4.78, 5) is 0. The van der Waals surface area contributed by atoms with Crippen molar-refractivity contribution in [3.8, 4) is 0 Å². The Morgan fingerprint density at radius 1 is 0.684 bits per heavy atom. The zero-order valence-electron chi connectivity index (χ0n) is 34.4. The largest absolute Gasteiger partial charge is 0.396 e. The lowest BCUT2D eigenvalue weighted by molar-refractivity contribution is -0.343. The average molecular weight is 815 g/mol. The van der Waals surface area contributed by atoms with Gasteiger partial charge in [-0.15, -0.1) is 0 Å². The van der Waals surface area contributed by atoms with E-state index < -0.39 is 97.3 Å². The molecule has 8 rings (SSSR count). The quantitative estimate of drug-likeness (QED) is 0.139. The van der Waals surface area contributed by atoms with Gasteiger partial charge in [-0.25, -0.2) is 0 Å². The molecule has 0 unspecified atom stereocenters. The highest BCUT2D eigenvalue weighted by Gasteiger charge is 2.84. The Morgan fingerprint density at radius 2 is 1.30 bits per heavy atom. The maximum atomic E-state index is 12.0. The predicted octanol–water partition coefficient (Wildman–Crippen LogP) is 0.0866. The van der Waals surface area contributed by atoms with E-state index in [1.54, 1.807) is 13.8 Å². The van der Waals surface area contributed by atoms with Gasteiger partial charge in [0.05, 0.1) is 42.7 Å². The molecule has 5 saturated carbocycles. The van der Waals surface area contributed by atoms with Crippen molar-refractivity contribution in [3.63, 3.8) is 0 Å². The third kappa shape index (κ3) is 6.06. The molecule has 0 aromatic carbocycles. The summed E-state index contributed by atoms with van der Waals surface area (Å²) in [5.41, 5.74) is -2.71. The maximum absolute atomic E-state index is 12.0. The molecule has 10 N–H and O–H groups in total. The normalized spacial score (nSPS) is 57.1. The van der Waals surface area contributed by atoms with E-state index >= 15 is 0 Å². The van der Waals surface area contributed by atoms with Crippen LogP contribution in [-0.2, 0) is 23.7 Å². The third-order valence-corrected chi connectivity index (χ3v) is 18.0. The SMILES string of the molecule is CC(C)(O)[C@@H]1CC[C@@](C)([C@@H]2[C@@H](O)C[C@@]3(C)[C@@H]4CC[C@@H]5C(C)(C)[C@H](O[C@@H]6O[C@@H](CO[C@@H]7O[C@@H](CO)[C@H](O)[C@H](O)[C@@H]7O)[C@H](O)[C@H](O)[C@@H]6O)CC[C@@]56C[C@@]46CC[C@]23CO)O1. The molecule has 8 fully saturated rings. The average Bonchev–Trinajstić information content (AvgIpc) is 3.51. The van der Waals surface area contributed by atoms with Gasteiger partial charge in [0.15, 0.2) is 12.6 Å². The van der Waals surface area contributed by atoms with Gasteiger partial charge in [0.1, 0.15) is 48.8 Å². The molecule has 0 aromatic rings. The summed E-state index contributed by atoms with van der Waals surface area (Å²) in [7, 11) is 0. The van der Waals surface area contributed by atoms with Gasteiger partial charge in [0, 0.05) is 17.9 Å². The first-order valence-electron chi connectivity index (χ1n) is 21.5. The van der Waals surface area contributed by atoms with Crippen LogP contribution in [0.3, 0.4) is 0 Å². The first-order chi connectivity index (χ1) is 26.6. The summed E-state index contributed by atoms with van der Waals surface area (Å²) >= 11 is 0. The van der Waals surface area contributed by atoms with Crippen LogP contribution in [0.15, 0.2) is 0 Å². The van der Waals surface area contributed by atoms with E-state index in [1.165, 1.54) is 0 Å². The van der Waals surface area contributed by atoms with Gasteiger partial charge >= 0.3 is 0 Å². The molecule has 57 heavy (non-hydrogen) atoms. The van der Waals surface area contributed by atoms with Crippen molar-refractivity contribution < 1.29 is 74.7 Å². The molecule has 0 amide bonds. The molecule has 3 heterocycles. The number of rotatable bonds is 9. The summed E-state index contributed by atoms with van der Waals surface area (Å²) < 4.78 is 30.4. The van der Waals surface area contributed by atoms with Crippen molar-refractivity contribution in [2.75, 3.05) is 19.8 Å². The van der Waals surface area contributed by atoms with E-state index in [0.29, 0.717) is 25.2 Å². The lowest BCUT2D eigenvalue weighted by atomic mass is 9.41. The molecule has 0 radical (unpaired) electrons. The molecule has 15 heteroatoms. The molecule has 21 atom stereocenters. The lowest BCUT2D eigenvalue weighted by Crippen LogP contribution is -2.63. The van der Waals surface area contributed by atoms with Crippen LogP contribution in [0, 0.1) is 44.8 Å². The number of fused-ring (bicyclic) bond motifs is 2. The van der Waals surface area contributed by atoms with Crippen LogP contribution in [0.25, 0.3) is 0 Å². The number of ether oxygens (including phenoxy) is 5. The van der Waals surface area contributed by atoms with Crippen molar-refractivity contribution in [1.29, 1.82) is 0 Å². The summed E-state index contributed by atoms with van der Waals surface area (Å²) in [6.45, 7) is 11.3. The second-order valence-corrected chi connectivity index (χ2v) is 21.3. The van der Waals surface area contributed by atoms with E-state index in [9.17, 15) is 51.1 Å². The zero-order chi connectivity index (χ0) is 41.5. The number of hydrogen-bond acceptors (Lipinski definition) is 15. The fourth-order valence-electron chi connectivity index (χ4n) is 15.1. The van der Waals surface area contributed by atoms with Crippen LogP contribution in [-0.4, -0.2) is 162 Å². The molecule has 8 aliphatic rings. The highest BCUT2D eigenvalue weighted by molar-refractivity contribution is 5.32. The van der Waals surface area contributed by atoms with E-state index in [2.05, 4.69) is 27.7 Å². The van der Waals surface area contributed by atoms with Crippen LogP contribution in [0.1, 0.15) is 106 Å². The Balaban J connectivity index is 0.969. The fourth-order valence-corrected chi connectivity index (χ4v) is 15.1. The van der Waals surface area contributed by atoms with Crippen molar-refractivity contribution in [3.05, 3.63) is 0 Å². The Hall–Kier alpha value is -0.600. The molecule has 2 spiro atoms. The summed E-state index contributed by atoms with van der Waals surface area (Å²) in [6.07, 6.45) is -7.77. The highest BCUT2D eigenvalue weighted by Crippen LogP contribution is 2.89. The third-order valence-electron chi connectivity index (χ3n) is 18.0. The number of aliphatic hydroxyl groups is 10. The van der Waals surface area contributed by atoms with Gasteiger partial charge in [0.25, 0.3) is 0 Å². The van der Waals surface area contributed by atoms with Crippen LogP contribution >= 0.6 is 0 Å². The zero-order valence-corrected chi connectivity index (χ0v) is 34.4. The molecule has 0 bridgehead atoms. The fraction of sp³-hybridized carbons (Fsp3) is 1.00. The molecule has 3 aliphatic heterocycles. The minimum Gasteiger partial charge on any atom is -0.396 e. The van der Waals surface area contributed by atoms with E-state index in [1.807, 2.05) is 0 Å². The molecule has 3 saturated heterocycles. The van der Waals surface area contributed by atoms with Crippen LogP contribution in [0.5, 0.6) is 0 Å². The van der Waals surface area contributed by atoms with Gasteiger partial charge in [-0.1, -0.05) is 20.8 Å². The van der Waals surface area contributed by atoms with Gasteiger partial charge in [-0.3, -0.25) is 0 Å². The van der Waals surface area contributed by atoms with Gasteiger partial charge in [-0.05, 0) is 118 Å².